The molecule has 1 aromatic heterocycles. The summed E-state index contributed by atoms with van der Waals surface area (Å²) in [7, 11) is 5.82. The van der Waals surface area contributed by atoms with E-state index in [1.807, 2.05) is 30.9 Å². The SMILES string of the molecule is CN(C)CC1CC2(CCN(C(=O)CSc3nncn3C)CC2)C(=O)O1. The lowest BCUT2D eigenvalue weighted by molar-refractivity contribution is -0.152. The number of carbonyl (C=O) groups is 2. The molecule has 0 aromatic carbocycles. The molecule has 8 nitrogen and oxygen atoms in total. The van der Waals surface area contributed by atoms with Crippen LogP contribution < -0.4 is 0 Å². The van der Waals surface area contributed by atoms with Crippen LogP contribution in [0.1, 0.15) is 19.3 Å². The molecule has 1 atom stereocenters. The van der Waals surface area contributed by atoms with Gasteiger partial charge in [0.05, 0.1) is 11.2 Å². The molecule has 0 N–H and O–H groups in total. The highest BCUT2D eigenvalue weighted by Gasteiger charge is 2.50. The van der Waals surface area contributed by atoms with Gasteiger partial charge >= 0.3 is 5.97 Å². The van der Waals surface area contributed by atoms with E-state index < -0.39 is 5.41 Å². The van der Waals surface area contributed by atoms with Crippen LogP contribution in [0.15, 0.2) is 11.5 Å². The molecule has 2 aliphatic rings. The summed E-state index contributed by atoms with van der Waals surface area (Å²) < 4.78 is 7.36. The number of ether oxygens (including phenoxy) is 1. The monoisotopic (exact) mass is 367 g/mol. The molecule has 3 heterocycles. The molecule has 138 valence electrons. The van der Waals surface area contributed by atoms with Gasteiger partial charge in [0.1, 0.15) is 12.4 Å². The van der Waals surface area contributed by atoms with E-state index in [0.717, 1.165) is 18.1 Å². The second kappa shape index (κ2) is 7.33. The Bertz CT molecular complexity index is 639. The molecular formula is C16H25N5O3S. The number of cyclic esters (lactones) is 1. The summed E-state index contributed by atoms with van der Waals surface area (Å²) in [6.45, 7) is 1.98. The molecule has 2 fully saturated rings. The van der Waals surface area contributed by atoms with E-state index in [-0.39, 0.29) is 18.0 Å². The van der Waals surface area contributed by atoms with Crippen LogP contribution in [0, 0.1) is 5.41 Å². The first kappa shape index (κ1) is 18.2. The number of aryl methyl sites for hydroxylation is 1. The molecular weight excluding hydrogens is 342 g/mol. The van der Waals surface area contributed by atoms with Crippen LogP contribution in [0.4, 0.5) is 0 Å². The Morgan fingerprint density at radius 3 is 2.76 bits per heavy atom. The molecule has 1 unspecified atom stereocenters. The van der Waals surface area contributed by atoms with E-state index in [9.17, 15) is 9.59 Å². The third-order valence-corrected chi connectivity index (χ3v) is 5.98. The number of amides is 1. The van der Waals surface area contributed by atoms with Gasteiger partial charge in [0.2, 0.25) is 5.91 Å². The molecule has 9 heteroatoms. The minimum atomic E-state index is -0.395. The second-order valence-corrected chi connectivity index (χ2v) is 8.11. The Hall–Kier alpha value is -1.61. The fraction of sp³-hybridized carbons (Fsp3) is 0.750. The number of thioether (sulfide) groups is 1. The van der Waals surface area contributed by atoms with Crippen molar-refractivity contribution in [3.63, 3.8) is 0 Å². The number of esters is 1. The first-order chi connectivity index (χ1) is 11.9. The van der Waals surface area contributed by atoms with Gasteiger partial charge < -0.3 is 19.1 Å². The number of nitrogens with zero attached hydrogens (tertiary/aromatic N) is 5. The van der Waals surface area contributed by atoms with E-state index in [1.165, 1.54) is 11.8 Å². The zero-order chi connectivity index (χ0) is 18.0. The fourth-order valence-corrected chi connectivity index (χ4v) is 4.35. The van der Waals surface area contributed by atoms with Gasteiger partial charge in [-0.2, -0.15) is 0 Å². The molecule has 2 aliphatic heterocycles. The maximum Gasteiger partial charge on any atom is 0.312 e. The number of aromatic nitrogens is 3. The van der Waals surface area contributed by atoms with Crippen molar-refractivity contribution in [2.75, 3.05) is 39.5 Å². The normalized spacial score (nSPS) is 22.6. The summed E-state index contributed by atoms with van der Waals surface area (Å²) in [6.07, 6.45) is 3.73. The molecule has 2 saturated heterocycles. The Balaban J connectivity index is 1.50. The predicted molar refractivity (Wildman–Crippen MR) is 93.0 cm³/mol. The molecule has 0 aliphatic carbocycles. The largest absolute Gasteiger partial charge is 0.461 e. The minimum Gasteiger partial charge on any atom is -0.461 e. The summed E-state index contributed by atoms with van der Waals surface area (Å²) in [5.74, 6) is 0.340. The molecule has 1 aromatic rings. The van der Waals surface area contributed by atoms with Crippen LogP contribution >= 0.6 is 11.8 Å². The van der Waals surface area contributed by atoms with Crippen LogP contribution in [0.3, 0.4) is 0 Å². The number of likely N-dealkylation sites (N-methyl/N-ethyl adjacent to an activating group) is 1. The molecule has 1 amide bonds. The summed E-state index contributed by atoms with van der Waals surface area (Å²) >= 11 is 1.39. The molecule has 0 saturated carbocycles. The number of hydrogen-bond donors (Lipinski definition) is 0. The van der Waals surface area contributed by atoms with Crippen molar-refractivity contribution in [2.45, 2.75) is 30.5 Å². The van der Waals surface area contributed by atoms with Gasteiger partial charge in [0.15, 0.2) is 5.16 Å². The zero-order valence-corrected chi connectivity index (χ0v) is 15.8. The summed E-state index contributed by atoms with van der Waals surface area (Å²) in [6, 6.07) is 0. The number of likely N-dealkylation sites (tertiary alicyclic amines) is 1. The average Bonchev–Trinajstić information content (AvgIpc) is 3.09. The maximum absolute atomic E-state index is 12.4. The van der Waals surface area contributed by atoms with Gasteiger partial charge in [0.25, 0.3) is 0 Å². The topological polar surface area (TPSA) is 80.6 Å². The summed E-state index contributed by atoms with van der Waals surface area (Å²) in [5.41, 5.74) is -0.395. The standard InChI is InChI=1S/C16H25N5O3S/c1-19(2)9-12-8-16(14(23)24-12)4-6-21(7-5-16)13(22)10-25-15-18-17-11-20(15)3/h11-12H,4-10H2,1-3H3. The smallest absolute Gasteiger partial charge is 0.312 e. The van der Waals surface area contributed by atoms with Crippen molar-refractivity contribution in [1.82, 2.24) is 24.6 Å². The van der Waals surface area contributed by atoms with Crippen LogP contribution in [-0.4, -0.2) is 82.0 Å². The molecule has 25 heavy (non-hydrogen) atoms. The van der Waals surface area contributed by atoms with Crippen molar-refractivity contribution < 1.29 is 14.3 Å². The van der Waals surface area contributed by atoms with Crippen LogP contribution in [-0.2, 0) is 21.4 Å². The molecule has 1 spiro atoms. The Kier molecular flexibility index (Phi) is 5.33. The van der Waals surface area contributed by atoms with Crippen LogP contribution in [0.25, 0.3) is 0 Å². The first-order valence-electron chi connectivity index (χ1n) is 8.50. The molecule has 0 radical (unpaired) electrons. The van der Waals surface area contributed by atoms with Crippen molar-refractivity contribution in [2.24, 2.45) is 12.5 Å². The highest BCUT2D eigenvalue weighted by molar-refractivity contribution is 7.99. The molecule has 0 bridgehead atoms. The number of rotatable bonds is 5. The van der Waals surface area contributed by atoms with E-state index in [0.29, 0.717) is 31.7 Å². The Labute approximate surface area is 151 Å². The van der Waals surface area contributed by atoms with E-state index in [4.69, 9.17) is 4.74 Å². The average molecular weight is 367 g/mol. The van der Waals surface area contributed by atoms with E-state index in [2.05, 4.69) is 10.2 Å². The Morgan fingerprint density at radius 2 is 2.16 bits per heavy atom. The highest BCUT2D eigenvalue weighted by Crippen LogP contribution is 2.43. The minimum absolute atomic E-state index is 0.0313. The van der Waals surface area contributed by atoms with Crippen molar-refractivity contribution in [3.05, 3.63) is 6.33 Å². The number of hydrogen-bond acceptors (Lipinski definition) is 7. The van der Waals surface area contributed by atoms with Crippen LogP contribution in [0.5, 0.6) is 0 Å². The van der Waals surface area contributed by atoms with Gasteiger partial charge in [0, 0.05) is 33.1 Å². The van der Waals surface area contributed by atoms with Crippen molar-refractivity contribution in [3.8, 4) is 0 Å². The lowest BCUT2D eigenvalue weighted by Crippen LogP contribution is -2.45. The quantitative estimate of drug-likeness (QED) is 0.550. The van der Waals surface area contributed by atoms with Gasteiger partial charge in [-0.3, -0.25) is 9.59 Å². The number of piperidine rings is 1. The lowest BCUT2D eigenvalue weighted by Gasteiger charge is -2.36. The lowest BCUT2D eigenvalue weighted by atomic mass is 9.76. The van der Waals surface area contributed by atoms with Crippen LogP contribution in [0.2, 0.25) is 0 Å². The van der Waals surface area contributed by atoms with Gasteiger partial charge in [-0.05, 0) is 26.9 Å². The Morgan fingerprint density at radius 1 is 1.44 bits per heavy atom. The fourth-order valence-electron chi connectivity index (χ4n) is 3.56. The van der Waals surface area contributed by atoms with Crippen molar-refractivity contribution in [1.29, 1.82) is 0 Å². The van der Waals surface area contributed by atoms with Gasteiger partial charge in [-0.25, -0.2) is 0 Å². The summed E-state index contributed by atoms with van der Waals surface area (Å²) in [5, 5.41) is 8.51. The van der Waals surface area contributed by atoms with E-state index in [1.54, 1.807) is 10.9 Å². The van der Waals surface area contributed by atoms with Crippen molar-refractivity contribution >= 4 is 23.6 Å². The molecule has 3 rings (SSSR count). The number of carbonyl (C=O) groups excluding carboxylic acids is 2. The second-order valence-electron chi connectivity index (χ2n) is 7.17. The third-order valence-electron chi connectivity index (χ3n) is 4.96. The zero-order valence-electron chi connectivity index (χ0n) is 15.0. The maximum atomic E-state index is 12.4. The third kappa shape index (κ3) is 3.98. The highest BCUT2D eigenvalue weighted by atomic mass is 32.2. The first-order valence-corrected chi connectivity index (χ1v) is 9.48. The van der Waals surface area contributed by atoms with Gasteiger partial charge in [-0.1, -0.05) is 11.8 Å². The van der Waals surface area contributed by atoms with E-state index >= 15 is 0 Å². The predicted octanol–water partition coefficient (Wildman–Crippen LogP) is 0.393. The van der Waals surface area contributed by atoms with Gasteiger partial charge in [-0.15, -0.1) is 10.2 Å². The summed E-state index contributed by atoms with van der Waals surface area (Å²) in [4.78, 5) is 28.7.